The van der Waals surface area contributed by atoms with E-state index in [2.05, 4.69) is 37.6 Å². The van der Waals surface area contributed by atoms with Gasteiger partial charge in [-0.3, -0.25) is 0 Å². The standard InChI is InChI=1S/C7H12BrN3/c1-2-5-11-6-9-10-7(11)3-4-8/h6H,2-5H2,1H3. The number of nitrogens with zero attached hydrogens (tertiary/aromatic N) is 3. The number of hydrogen-bond acceptors (Lipinski definition) is 2. The number of aryl methyl sites for hydroxylation is 2. The Morgan fingerprint density at radius 1 is 1.64 bits per heavy atom. The summed E-state index contributed by atoms with van der Waals surface area (Å²) in [5, 5.41) is 8.81. The van der Waals surface area contributed by atoms with Crippen molar-refractivity contribution in [3.05, 3.63) is 12.2 Å². The van der Waals surface area contributed by atoms with Crippen molar-refractivity contribution in [2.75, 3.05) is 5.33 Å². The molecule has 0 aliphatic heterocycles. The van der Waals surface area contributed by atoms with E-state index in [0.717, 1.165) is 30.5 Å². The molecular weight excluding hydrogens is 206 g/mol. The molecular formula is C7H12BrN3. The molecule has 11 heavy (non-hydrogen) atoms. The maximum Gasteiger partial charge on any atom is 0.133 e. The van der Waals surface area contributed by atoms with Gasteiger partial charge in [-0.05, 0) is 6.42 Å². The van der Waals surface area contributed by atoms with Crippen molar-refractivity contribution in [1.29, 1.82) is 0 Å². The van der Waals surface area contributed by atoms with Gasteiger partial charge in [0.1, 0.15) is 12.2 Å². The van der Waals surface area contributed by atoms with Gasteiger partial charge in [0, 0.05) is 18.3 Å². The van der Waals surface area contributed by atoms with Crippen LogP contribution in [-0.4, -0.2) is 20.1 Å². The van der Waals surface area contributed by atoms with Crippen LogP contribution in [-0.2, 0) is 13.0 Å². The van der Waals surface area contributed by atoms with E-state index in [0.29, 0.717) is 0 Å². The summed E-state index contributed by atoms with van der Waals surface area (Å²) < 4.78 is 2.10. The predicted octanol–water partition coefficient (Wildman–Crippen LogP) is 1.63. The fourth-order valence-corrected chi connectivity index (χ4v) is 1.34. The Labute approximate surface area is 75.0 Å². The molecule has 1 rings (SSSR count). The Hall–Kier alpha value is -0.380. The number of aromatic nitrogens is 3. The van der Waals surface area contributed by atoms with Crippen LogP contribution in [0.25, 0.3) is 0 Å². The van der Waals surface area contributed by atoms with Gasteiger partial charge >= 0.3 is 0 Å². The minimum atomic E-state index is 0.954. The van der Waals surface area contributed by atoms with E-state index in [1.165, 1.54) is 0 Å². The summed E-state index contributed by atoms with van der Waals surface area (Å²) in [6.07, 6.45) is 3.88. The van der Waals surface area contributed by atoms with Gasteiger partial charge < -0.3 is 4.57 Å². The molecule has 0 spiro atoms. The molecule has 0 fully saturated rings. The van der Waals surface area contributed by atoms with Crippen molar-refractivity contribution in [3.63, 3.8) is 0 Å². The molecule has 1 aromatic heterocycles. The molecule has 0 saturated heterocycles. The summed E-state index contributed by atoms with van der Waals surface area (Å²) in [5.41, 5.74) is 0. The smallest absolute Gasteiger partial charge is 0.133 e. The van der Waals surface area contributed by atoms with Crippen molar-refractivity contribution in [2.24, 2.45) is 0 Å². The molecule has 0 saturated carbocycles. The molecule has 0 aliphatic carbocycles. The maximum atomic E-state index is 4.01. The first-order valence-corrected chi connectivity index (χ1v) is 4.93. The van der Waals surface area contributed by atoms with Crippen LogP contribution in [0.4, 0.5) is 0 Å². The van der Waals surface area contributed by atoms with Gasteiger partial charge in [-0.25, -0.2) is 0 Å². The first kappa shape index (κ1) is 8.71. The largest absolute Gasteiger partial charge is 0.318 e. The van der Waals surface area contributed by atoms with Gasteiger partial charge in [-0.1, -0.05) is 22.9 Å². The fourth-order valence-electron chi connectivity index (χ4n) is 0.985. The second kappa shape index (κ2) is 4.49. The van der Waals surface area contributed by atoms with Gasteiger partial charge in [0.25, 0.3) is 0 Å². The number of halogens is 1. The average Bonchev–Trinajstić information content (AvgIpc) is 2.39. The van der Waals surface area contributed by atoms with Crippen molar-refractivity contribution < 1.29 is 0 Å². The average molecular weight is 218 g/mol. The van der Waals surface area contributed by atoms with Crippen LogP contribution in [0.2, 0.25) is 0 Å². The van der Waals surface area contributed by atoms with Crippen LogP contribution in [0.1, 0.15) is 19.2 Å². The van der Waals surface area contributed by atoms with Crippen LogP contribution in [0.5, 0.6) is 0 Å². The Bertz CT molecular complexity index is 189. The Morgan fingerprint density at radius 2 is 2.45 bits per heavy atom. The Kier molecular flexibility index (Phi) is 3.56. The molecule has 0 radical (unpaired) electrons. The van der Waals surface area contributed by atoms with Crippen molar-refractivity contribution >= 4 is 15.9 Å². The molecule has 0 amide bonds. The van der Waals surface area contributed by atoms with Crippen molar-refractivity contribution in [1.82, 2.24) is 14.8 Å². The van der Waals surface area contributed by atoms with Gasteiger partial charge in [0.2, 0.25) is 0 Å². The lowest BCUT2D eigenvalue weighted by Crippen LogP contribution is -2.02. The first-order chi connectivity index (χ1) is 5.38. The SMILES string of the molecule is CCCn1cnnc1CCBr. The second-order valence-corrected chi connectivity index (χ2v) is 3.17. The highest BCUT2D eigenvalue weighted by Crippen LogP contribution is 1.99. The molecule has 0 bridgehead atoms. The van der Waals surface area contributed by atoms with Crippen molar-refractivity contribution in [3.8, 4) is 0 Å². The molecule has 1 heterocycles. The quantitative estimate of drug-likeness (QED) is 0.719. The van der Waals surface area contributed by atoms with E-state index < -0.39 is 0 Å². The third-order valence-electron chi connectivity index (χ3n) is 1.48. The van der Waals surface area contributed by atoms with E-state index in [-0.39, 0.29) is 0 Å². The predicted molar refractivity (Wildman–Crippen MR) is 47.8 cm³/mol. The van der Waals surface area contributed by atoms with Gasteiger partial charge in [0.15, 0.2) is 0 Å². The molecule has 1 aromatic rings. The molecule has 4 heteroatoms. The highest BCUT2D eigenvalue weighted by atomic mass is 79.9. The Morgan fingerprint density at radius 3 is 3.09 bits per heavy atom. The second-order valence-electron chi connectivity index (χ2n) is 2.38. The highest BCUT2D eigenvalue weighted by Gasteiger charge is 2.00. The summed E-state index contributed by atoms with van der Waals surface area (Å²) in [6, 6.07) is 0. The first-order valence-electron chi connectivity index (χ1n) is 3.81. The minimum Gasteiger partial charge on any atom is -0.318 e. The number of hydrogen-bond donors (Lipinski definition) is 0. The molecule has 0 atom stereocenters. The van der Waals surface area contributed by atoms with Crippen LogP contribution < -0.4 is 0 Å². The lowest BCUT2D eigenvalue weighted by Gasteiger charge is -2.01. The molecule has 0 aromatic carbocycles. The van der Waals surface area contributed by atoms with Crippen LogP contribution in [0, 0.1) is 0 Å². The number of rotatable bonds is 4. The zero-order chi connectivity index (χ0) is 8.10. The van der Waals surface area contributed by atoms with Gasteiger partial charge in [-0.2, -0.15) is 0 Å². The summed E-state index contributed by atoms with van der Waals surface area (Å²) in [6.45, 7) is 3.17. The van der Waals surface area contributed by atoms with Crippen molar-refractivity contribution in [2.45, 2.75) is 26.3 Å². The molecule has 0 unspecified atom stereocenters. The molecule has 0 N–H and O–H groups in total. The summed E-state index contributed by atoms with van der Waals surface area (Å²) in [7, 11) is 0. The van der Waals surface area contributed by atoms with Gasteiger partial charge in [-0.15, -0.1) is 10.2 Å². The monoisotopic (exact) mass is 217 g/mol. The lowest BCUT2D eigenvalue weighted by molar-refractivity contribution is 0.643. The summed E-state index contributed by atoms with van der Waals surface area (Å²) in [4.78, 5) is 0. The van der Waals surface area contributed by atoms with Gasteiger partial charge in [0.05, 0.1) is 0 Å². The van der Waals surface area contributed by atoms with E-state index in [1.807, 2.05) is 0 Å². The lowest BCUT2D eigenvalue weighted by atomic mass is 10.4. The molecule has 3 nitrogen and oxygen atoms in total. The minimum absolute atomic E-state index is 0.954. The maximum absolute atomic E-state index is 4.01. The van der Waals surface area contributed by atoms with E-state index in [1.54, 1.807) is 6.33 Å². The normalized spacial score (nSPS) is 10.4. The van der Waals surface area contributed by atoms with Crippen LogP contribution in [0.3, 0.4) is 0 Å². The highest BCUT2D eigenvalue weighted by molar-refractivity contribution is 9.09. The molecule has 0 aliphatic rings. The zero-order valence-electron chi connectivity index (χ0n) is 6.63. The topological polar surface area (TPSA) is 30.7 Å². The number of alkyl halides is 1. The van der Waals surface area contributed by atoms with E-state index >= 15 is 0 Å². The summed E-state index contributed by atoms with van der Waals surface area (Å²) in [5.74, 6) is 1.07. The fraction of sp³-hybridized carbons (Fsp3) is 0.714. The third-order valence-corrected chi connectivity index (χ3v) is 1.87. The Balaban J connectivity index is 2.62. The summed E-state index contributed by atoms with van der Waals surface area (Å²) >= 11 is 3.37. The third kappa shape index (κ3) is 2.29. The zero-order valence-corrected chi connectivity index (χ0v) is 8.21. The van der Waals surface area contributed by atoms with E-state index in [4.69, 9.17) is 0 Å². The van der Waals surface area contributed by atoms with E-state index in [9.17, 15) is 0 Å². The van der Waals surface area contributed by atoms with Crippen LogP contribution >= 0.6 is 15.9 Å². The molecule has 62 valence electrons. The van der Waals surface area contributed by atoms with Crippen LogP contribution in [0.15, 0.2) is 6.33 Å².